The molecule has 0 spiro atoms. The van der Waals surface area contributed by atoms with Gasteiger partial charge in [0.25, 0.3) is 0 Å². The van der Waals surface area contributed by atoms with Gasteiger partial charge in [-0.1, -0.05) is 6.07 Å². The summed E-state index contributed by atoms with van der Waals surface area (Å²) >= 11 is 0. The quantitative estimate of drug-likeness (QED) is 0.764. The number of nitrogens with one attached hydrogen (secondary N) is 1. The highest BCUT2D eigenvalue weighted by atomic mass is 16.2. The molecule has 1 aliphatic heterocycles. The third-order valence-electron chi connectivity index (χ3n) is 2.93. The highest BCUT2D eigenvalue weighted by molar-refractivity contribution is 6.03. The van der Waals surface area contributed by atoms with E-state index in [9.17, 15) is 9.59 Å². The van der Waals surface area contributed by atoms with Crippen molar-refractivity contribution >= 4 is 17.5 Å². The Balaban J connectivity index is 1.85. The summed E-state index contributed by atoms with van der Waals surface area (Å²) in [6, 6.07) is 5.74. The third-order valence-corrected chi connectivity index (χ3v) is 2.93. The molecule has 1 N–H and O–H groups in total. The van der Waals surface area contributed by atoms with Gasteiger partial charge in [0.1, 0.15) is 5.65 Å². The Morgan fingerprint density at radius 2 is 2.29 bits per heavy atom. The molecule has 0 aromatic carbocycles. The molecule has 86 valence electrons. The molecule has 5 heteroatoms. The summed E-state index contributed by atoms with van der Waals surface area (Å²) in [6.07, 6.45) is 4.59. The lowest BCUT2D eigenvalue weighted by Gasteiger charge is -2.01. The summed E-state index contributed by atoms with van der Waals surface area (Å²) in [5.41, 5.74) is 1.69. The molecule has 2 aromatic heterocycles. The zero-order chi connectivity index (χ0) is 11.8. The van der Waals surface area contributed by atoms with Gasteiger partial charge in [0, 0.05) is 25.2 Å². The van der Waals surface area contributed by atoms with E-state index in [0.717, 1.165) is 11.3 Å². The van der Waals surface area contributed by atoms with E-state index in [1.165, 1.54) is 0 Å². The molecule has 3 heterocycles. The van der Waals surface area contributed by atoms with Crippen LogP contribution in [0.4, 0.5) is 0 Å². The molecule has 0 saturated carbocycles. The van der Waals surface area contributed by atoms with E-state index in [0.29, 0.717) is 6.42 Å². The van der Waals surface area contributed by atoms with Crippen LogP contribution in [0.5, 0.6) is 0 Å². The van der Waals surface area contributed by atoms with Gasteiger partial charge >= 0.3 is 0 Å². The van der Waals surface area contributed by atoms with Crippen molar-refractivity contribution < 1.29 is 9.59 Å². The predicted octanol–water partition coefficient (Wildman–Crippen LogP) is 0.539. The molecule has 3 rings (SSSR count). The molecule has 2 aromatic rings. The van der Waals surface area contributed by atoms with E-state index in [1.807, 2.05) is 35.0 Å². The molecule has 0 bridgehead atoms. The number of aromatic nitrogens is 2. The summed E-state index contributed by atoms with van der Waals surface area (Å²) < 4.78 is 1.91. The van der Waals surface area contributed by atoms with Crippen LogP contribution in [-0.4, -0.2) is 21.2 Å². The Labute approximate surface area is 97.5 Å². The average Bonchev–Trinajstić information content (AvgIpc) is 2.82. The highest BCUT2D eigenvalue weighted by Crippen LogP contribution is 2.17. The van der Waals surface area contributed by atoms with Gasteiger partial charge in [0.2, 0.25) is 11.8 Å². The minimum absolute atomic E-state index is 0.188. The van der Waals surface area contributed by atoms with Crippen LogP contribution in [0, 0.1) is 5.92 Å². The Bertz CT molecular complexity index is 570. The number of amides is 2. The van der Waals surface area contributed by atoms with Gasteiger partial charge in [-0.3, -0.25) is 14.9 Å². The highest BCUT2D eigenvalue weighted by Gasteiger charge is 2.30. The predicted molar refractivity (Wildman–Crippen MR) is 60.2 cm³/mol. The number of imidazole rings is 1. The first-order chi connectivity index (χ1) is 8.22. The second kappa shape index (κ2) is 3.69. The van der Waals surface area contributed by atoms with E-state index >= 15 is 0 Å². The fraction of sp³-hybridized carbons (Fsp3) is 0.250. The number of hydrogen-bond donors (Lipinski definition) is 1. The topological polar surface area (TPSA) is 63.5 Å². The molecule has 1 aliphatic rings. The zero-order valence-electron chi connectivity index (χ0n) is 9.09. The fourth-order valence-electron chi connectivity index (χ4n) is 2.11. The number of fused-ring (bicyclic) bond motifs is 1. The maximum atomic E-state index is 11.4. The molecule has 5 nitrogen and oxygen atoms in total. The second-order valence-electron chi connectivity index (χ2n) is 4.22. The molecular formula is C12H11N3O2. The van der Waals surface area contributed by atoms with E-state index in [-0.39, 0.29) is 24.2 Å². The van der Waals surface area contributed by atoms with Crippen LogP contribution in [0.3, 0.4) is 0 Å². The van der Waals surface area contributed by atoms with Crippen molar-refractivity contribution in [3.63, 3.8) is 0 Å². The van der Waals surface area contributed by atoms with Crippen molar-refractivity contribution in [1.82, 2.24) is 14.7 Å². The van der Waals surface area contributed by atoms with Crippen LogP contribution in [0.25, 0.3) is 5.65 Å². The summed E-state index contributed by atoms with van der Waals surface area (Å²) in [7, 11) is 0. The summed E-state index contributed by atoms with van der Waals surface area (Å²) in [6.45, 7) is 0. The summed E-state index contributed by atoms with van der Waals surface area (Å²) in [5.74, 6) is -0.650. The normalized spacial score (nSPS) is 19.9. The minimum Gasteiger partial charge on any atom is -0.307 e. The van der Waals surface area contributed by atoms with Crippen molar-refractivity contribution in [2.24, 2.45) is 5.92 Å². The van der Waals surface area contributed by atoms with Gasteiger partial charge in [-0.05, 0) is 12.1 Å². The monoisotopic (exact) mass is 229 g/mol. The Morgan fingerprint density at radius 3 is 3.00 bits per heavy atom. The number of rotatable bonds is 2. The van der Waals surface area contributed by atoms with Crippen molar-refractivity contribution in [2.45, 2.75) is 12.8 Å². The van der Waals surface area contributed by atoms with Crippen LogP contribution in [0.2, 0.25) is 0 Å². The number of carbonyl (C=O) groups is 2. The first-order valence-corrected chi connectivity index (χ1v) is 5.49. The molecule has 1 saturated heterocycles. The van der Waals surface area contributed by atoms with Crippen LogP contribution in [0.15, 0.2) is 30.6 Å². The van der Waals surface area contributed by atoms with Crippen molar-refractivity contribution in [3.05, 3.63) is 36.3 Å². The molecule has 17 heavy (non-hydrogen) atoms. The smallest absolute Gasteiger partial charge is 0.230 e. The lowest BCUT2D eigenvalue weighted by molar-refractivity contribution is -0.125. The maximum Gasteiger partial charge on any atom is 0.230 e. The molecule has 0 aliphatic carbocycles. The minimum atomic E-state index is -0.271. The van der Waals surface area contributed by atoms with E-state index in [2.05, 4.69) is 10.3 Å². The Hall–Kier alpha value is -2.17. The van der Waals surface area contributed by atoms with Gasteiger partial charge in [0.15, 0.2) is 0 Å². The third kappa shape index (κ3) is 1.80. The van der Waals surface area contributed by atoms with Gasteiger partial charge < -0.3 is 4.40 Å². The van der Waals surface area contributed by atoms with E-state index in [1.54, 1.807) is 0 Å². The van der Waals surface area contributed by atoms with Crippen LogP contribution in [0.1, 0.15) is 12.1 Å². The van der Waals surface area contributed by atoms with Crippen LogP contribution in [-0.2, 0) is 16.0 Å². The largest absolute Gasteiger partial charge is 0.307 e. The van der Waals surface area contributed by atoms with Gasteiger partial charge in [0.05, 0.1) is 11.6 Å². The Morgan fingerprint density at radius 1 is 1.41 bits per heavy atom. The summed E-state index contributed by atoms with van der Waals surface area (Å²) in [4.78, 5) is 26.9. The standard InChI is InChI=1S/C12H11N3O2/c16-11-6-8(12(17)14-11)5-9-7-15-4-2-1-3-10(15)13-9/h1-4,7-8H,5-6H2,(H,14,16,17). The van der Waals surface area contributed by atoms with Crippen LogP contribution >= 0.6 is 0 Å². The molecule has 2 amide bonds. The van der Waals surface area contributed by atoms with Crippen molar-refractivity contribution in [2.75, 3.05) is 0 Å². The summed E-state index contributed by atoms with van der Waals surface area (Å²) in [5, 5.41) is 2.31. The number of imide groups is 1. The van der Waals surface area contributed by atoms with Crippen molar-refractivity contribution in [1.29, 1.82) is 0 Å². The first kappa shape index (κ1) is 10.0. The van der Waals surface area contributed by atoms with Gasteiger partial charge in [-0.2, -0.15) is 0 Å². The average molecular weight is 229 g/mol. The van der Waals surface area contributed by atoms with Crippen molar-refractivity contribution in [3.8, 4) is 0 Å². The number of pyridine rings is 1. The number of carbonyl (C=O) groups excluding carboxylic acids is 2. The lowest BCUT2D eigenvalue weighted by Crippen LogP contribution is -2.22. The molecular weight excluding hydrogens is 218 g/mol. The molecule has 1 fully saturated rings. The maximum absolute atomic E-state index is 11.4. The lowest BCUT2D eigenvalue weighted by atomic mass is 10.0. The van der Waals surface area contributed by atoms with Gasteiger partial charge in [-0.15, -0.1) is 0 Å². The fourth-order valence-corrected chi connectivity index (χ4v) is 2.11. The molecule has 1 unspecified atom stereocenters. The van der Waals surface area contributed by atoms with Gasteiger partial charge in [-0.25, -0.2) is 4.98 Å². The Kier molecular flexibility index (Phi) is 2.18. The molecule has 1 atom stereocenters. The first-order valence-electron chi connectivity index (χ1n) is 5.49. The molecule has 0 radical (unpaired) electrons. The SMILES string of the molecule is O=C1CC(Cc2cn3ccccc3n2)C(=O)N1. The number of nitrogens with zero attached hydrogens (tertiary/aromatic N) is 2. The van der Waals surface area contributed by atoms with E-state index in [4.69, 9.17) is 0 Å². The number of hydrogen-bond acceptors (Lipinski definition) is 3. The van der Waals surface area contributed by atoms with E-state index < -0.39 is 0 Å². The zero-order valence-corrected chi connectivity index (χ0v) is 9.09. The second-order valence-corrected chi connectivity index (χ2v) is 4.22. The van der Waals surface area contributed by atoms with Crippen LogP contribution < -0.4 is 5.32 Å².